The van der Waals surface area contributed by atoms with Gasteiger partial charge in [0.2, 0.25) is 5.91 Å². The number of nitrogens with one attached hydrogen (secondary N) is 2. The molecule has 6 nitrogen and oxygen atoms in total. The van der Waals surface area contributed by atoms with Crippen LogP contribution in [0.25, 0.3) is 0 Å². The molecule has 1 atom stereocenters. The summed E-state index contributed by atoms with van der Waals surface area (Å²) in [5.74, 6) is -2.35. The van der Waals surface area contributed by atoms with Crippen LogP contribution in [0.4, 0.5) is 18.0 Å². The number of nitrogens with zero attached hydrogens (tertiary/aromatic N) is 1. The monoisotopic (exact) mass is 335 g/mol. The van der Waals surface area contributed by atoms with Gasteiger partial charge in [-0.25, -0.2) is 4.79 Å². The molecule has 4 amide bonds. The van der Waals surface area contributed by atoms with Crippen LogP contribution in [0.2, 0.25) is 0 Å². The molecule has 2 fully saturated rings. The number of carbonyl (C=O) groups is 3. The van der Waals surface area contributed by atoms with Crippen molar-refractivity contribution < 1.29 is 27.6 Å². The van der Waals surface area contributed by atoms with Crippen LogP contribution in [0.3, 0.4) is 0 Å². The molecule has 2 N–H and O–H groups in total. The molecule has 0 aromatic heterocycles. The van der Waals surface area contributed by atoms with Crippen LogP contribution in [0.5, 0.6) is 0 Å². The summed E-state index contributed by atoms with van der Waals surface area (Å²) in [5, 5.41) is 3.39. The fourth-order valence-corrected chi connectivity index (χ4v) is 3.00. The van der Waals surface area contributed by atoms with E-state index in [9.17, 15) is 27.6 Å². The second-order valence-electron chi connectivity index (χ2n) is 5.94. The van der Waals surface area contributed by atoms with Crippen molar-refractivity contribution in [2.24, 2.45) is 0 Å². The average molecular weight is 335 g/mol. The lowest BCUT2D eigenvalue weighted by Crippen LogP contribution is -2.69. The van der Waals surface area contributed by atoms with Crippen molar-refractivity contribution in [3.05, 3.63) is 0 Å². The Morgan fingerprint density at radius 1 is 1.35 bits per heavy atom. The van der Waals surface area contributed by atoms with E-state index in [0.717, 1.165) is 12.8 Å². The van der Waals surface area contributed by atoms with Gasteiger partial charge in [-0.15, -0.1) is 0 Å². The van der Waals surface area contributed by atoms with Gasteiger partial charge in [-0.2, -0.15) is 13.2 Å². The Kier molecular flexibility index (Phi) is 4.86. The largest absolute Gasteiger partial charge is 0.440 e. The van der Waals surface area contributed by atoms with Crippen LogP contribution in [0.1, 0.15) is 51.9 Å². The van der Waals surface area contributed by atoms with E-state index in [4.69, 9.17) is 0 Å². The van der Waals surface area contributed by atoms with E-state index in [-0.39, 0.29) is 6.42 Å². The number of imide groups is 1. The Morgan fingerprint density at radius 3 is 2.48 bits per heavy atom. The molecule has 1 saturated heterocycles. The number of unbranched alkanes of at least 4 members (excludes halogenated alkanes) is 1. The van der Waals surface area contributed by atoms with Crippen molar-refractivity contribution in [2.45, 2.75) is 69.8 Å². The molecule has 0 aromatic carbocycles. The van der Waals surface area contributed by atoms with Crippen LogP contribution in [-0.2, 0) is 9.59 Å². The average Bonchev–Trinajstić information content (AvgIpc) is 3.04. The Balaban J connectivity index is 2.26. The molecule has 23 heavy (non-hydrogen) atoms. The minimum absolute atomic E-state index is 0.138. The second kappa shape index (κ2) is 6.37. The predicted molar refractivity (Wildman–Crippen MR) is 74.1 cm³/mol. The number of hydrogen-bond acceptors (Lipinski definition) is 3. The summed E-state index contributed by atoms with van der Waals surface area (Å²) in [6.45, 7) is 1.79. The zero-order valence-corrected chi connectivity index (χ0v) is 12.8. The van der Waals surface area contributed by atoms with E-state index in [0.29, 0.717) is 30.6 Å². The van der Waals surface area contributed by atoms with Gasteiger partial charge in [-0.1, -0.05) is 26.2 Å². The number of hydrogen-bond donors (Lipinski definition) is 2. The molecule has 0 radical (unpaired) electrons. The van der Waals surface area contributed by atoms with Gasteiger partial charge in [0.1, 0.15) is 0 Å². The highest BCUT2D eigenvalue weighted by Gasteiger charge is 2.69. The molecular weight excluding hydrogens is 315 g/mol. The smallest absolute Gasteiger partial charge is 0.318 e. The van der Waals surface area contributed by atoms with Gasteiger partial charge in [0.05, 0.1) is 0 Å². The minimum atomic E-state index is -5.12. The molecule has 0 spiro atoms. The molecule has 9 heteroatoms. The molecule has 1 aliphatic carbocycles. The van der Waals surface area contributed by atoms with Crippen molar-refractivity contribution in [1.82, 2.24) is 15.5 Å². The maximum atomic E-state index is 13.5. The van der Waals surface area contributed by atoms with Crippen LogP contribution in [0.15, 0.2) is 0 Å². The number of alkyl halides is 3. The molecule has 2 aliphatic rings. The number of urea groups is 1. The third kappa shape index (κ3) is 3.13. The highest BCUT2D eigenvalue weighted by Crippen LogP contribution is 2.37. The Bertz CT molecular complexity index is 503. The number of amides is 4. The molecule has 1 heterocycles. The summed E-state index contributed by atoms with van der Waals surface area (Å²) in [6.07, 6.45) is -1.76. The van der Waals surface area contributed by atoms with E-state index in [1.54, 1.807) is 17.6 Å². The molecule has 1 aliphatic heterocycles. The number of halogens is 3. The van der Waals surface area contributed by atoms with Crippen LogP contribution in [0, 0.1) is 0 Å². The predicted octanol–water partition coefficient (Wildman–Crippen LogP) is 2.05. The zero-order chi connectivity index (χ0) is 17.3. The third-order valence-electron chi connectivity index (χ3n) is 4.25. The molecule has 0 bridgehead atoms. The lowest BCUT2D eigenvalue weighted by molar-refractivity contribution is -0.204. The summed E-state index contributed by atoms with van der Waals surface area (Å²) in [6, 6.07) is -1.64. The quantitative estimate of drug-likeness (QED) is 0.755. The number of rotatable bonds is 5. The van der Waals surface area contributed by atoms with Gasteiger partial charge >= 0.3 is 12.2 Å². The maximum absolute atomic E-state index is 13.5. The van der Waals surface area contributed by atoms with Gasteiger partial charge in [-0.3, -0.25) is 19.8 Å². The van der Waals surface area contributed by atoms with Crippen molar-refractivity contribution >= 4 is 17.8 Å². The van der Waals surface area contributed by atoms with Crippen LogP contribution in [-0.4, -0.2) is 40.6 Å². The Labute approximate surface area is 131 Å². The molecule has 0 aromatic rings. The van der Waals surface area contributed by atoms with Crippen LogP contribution >= 0.6 is 0 Å². The van der Waals surface area contributed by atoms with E-state index in [1.807, 2.05) is 0 Å². The molecule has 130 valence electrons. The summed E-state index contributed by atoms with van der Waals surface area (Å²) >= 11 is 0. The first kappa shape index (κ1) is 17.6. The van der Waals surface area contributed by atoms with Crippen molar-refractivity contribution in [1.29, 1.82) is 0 Å². The molecular formula is C14H20F3N3O3. The van der Waals surface area contributed by atoms with Gasteiger partial charge in [0, 0.05) is 12.5 Å². The first-order valence-electron chi connectivity index (χ1n) is 7.76. The highest BCUT2D eigenvalue weighted by molar-refractivity contribution is 6.09. The fourth-order valence-electron chi connectivity index (χ4n) is 3.00. The van der Waals surface area contributed by atoms with E-state index in [2.05, 4.69) is 0 Å². The zero-order valence-electron chi connectivity index (χ0n) is 12.8. The number of carbonyl (C=O) groups excluding carboxylic acids is 3. The van der Waals surface area contributed by atoms with Gasteiger partial charge in [-0.05, 0) is 19.3 Å². The molecule has 2 rings (SSSR count). The first-order chi connectivity index (χ1) is 10.7. The first-order valence-corrected chi connectivity index (χ1v) is 7.76. The lowest BCUT2D eigenvalue weighted by atomic mass is 10.1. The summed E-state index contributed by atoms with van der Waals surface area (Å²) in [7, 11) is 0. The van der Waals surface area contributed by atoms with E-state index < -0.39 is 35.7 Å². The molecule has 0 unspecified atom stereocenters. The van der Waals surface area contributed by atoms with Gasteiger partial charge in [0.15, 0.2) is 0 Å². The van der Waals surface area contributed by atoms with Crippen molar-refractivity contribution in [3.8, 4) is 0 Å². The maximum Gasteiger partial charge on any atom is 0.440 e. The standard InChI is InChI=1S/C14H20F3N3O3/c1-2-3-8-10(21)18-13(14(15,16)17)11(22)20(12(23)19-13)9-6-4-5-7-9/h9H,2-8H2,1H3,(H,18,21)(H,19,23)/t13-/m1/s1. The Hall–Kier alpha value is -1.80. The summed E-state index contributed by atoms with van der Waals surface area (Å²) < 4.78 is 40.5. The minimum Gasteiger partial charge on any atom is -0.318 e. The summed E-state index contributed by atoms with van der Waals surface area (Å²) in [5.41, 5.74) is -3.35. The van der Waals surface area contributed by atoms with Gasteiger partial charge < -0.3 is 5.32 Å². The van der Waals surface area contributed by atoms with Gasteiger partial charge in [0.25, 0.3) is 11.6 Å². The normalized spacial score (nSPS) is 25.8. The summed E-state index contributed by atoms with van der Waals surface area (Å²) in [4.78, 5) is 36.7. The van der Waals surface area contributed by atoms with Crippen molar-refractivity contribution in [2.75, 3.05) is 0 Å². The van der Waals surface area contributed by atoms with E-state index >= 15 is 0 Å². The Morgan fingerprint density at radius 2 is 1.96 bits per heavy atom. The fraction of sp³-hybridized carbons (Fsp3) is 0.786. The molecule has 1 saturated carbocycles. The lowest BCUT2D eigenvalue weighted by Gasteiger charge is -2.30. The van der Waals surface area contributed by atoms with Crippen molar-refractivity contribution in [3.63, 3.8) is 0 Å². The second-order valence-corrected chi connectivity index (χ2v) is 5.94. The third-order valence-corrected chi connectivity index (χ3v) is 4.25. The van der Waals surface area contributed by atoms with E-state index in [1.165, 1.54) is 0 Å². The van der Waals surface area contributed by atoms with Crippen LogP contribution < -0.4 is 10.6 Å². The topological polar surface area (TPSA) is 78.5 Å². The highest BCUT2D eigenvalue weighted by atomic mass is 19.4. The SMILES string of the molecule is CCCCC(=O)N[C@@]1(C(F)(F)F)NC(=O)N(C2CCCC2)C1=O.